The Balaban J connectivity index is 2.22. The van der Waals surface area contributed by atoms with Gasteiger partial charge in [0.1, 0.15) is 5.75 Å². The third kappa shape index (κ3) is 3.10. The first kappa shape index (κ1) is 14.4. The summed E-state index contributed by atoms with van der Waals surface area (Å²) < 4.78 is 10.2. The standard InChI is InChI=1S/C15H19NO4/c1-3-20-15(18)13-9-16-14(17)8-12(13)10-4-6-11(19-2)7-5-10/h4-7,12-13H,3,8-9H2,1-2H3,(H,16,17)/t12?,13-/m0/s1. The Morgan fingerprint density at radius 2 is 2.05 bits per heavy atom. The maximum atomic E-state index is 12.0. The minimum atomic E-state index is -0.332. The van der Waals surface area contributed by atoms with E-state index in [4.69, 9.17) is 9.47 Å². The highest BCUT2D eigenvalue weighted by Crippen LogP contribution is 2.32. The molecular formula is C15H19NO4. The molecule has 108 valence electrons. The van der Waals surface area contributed by atoms with Crippen molar-refractivity contribution in [1.82, 2.24) is 5.32 Å². The lowest BCUT2D eigenvalue weighted by Crippen LogP contribution is -2.43. The van der Waals surface area contributed by atoms with E-state index in [-0.39, 0.29) is 23.7 Å². The fourth-order valence-electron chi connectivity index (χ4n) is 2.48. The zero-order valence-corrected chi connectivity index (χ0v) is 11.7. The SMILES string of the molecule is CCOC(=O)[C@H]1CNC(=O)CC1c1ccc(OC)cc1. The predicted molar refractivity (Wildman–Crippen MR) is 73.5 cm³/mol. The average molecular weight is 277 g/mol. The van der Waals surface area contributed by atoms with Crippen LogP contribution in [0.4, 0.5) is 0 Å². The van der Waals surface area contributed by atoms with Crippen LogP contribution in [0.3, 0.4) is 0 Å². The summed E-state index contributed by atoms with van der Waals surface area (Å²) in [7, 11) is 1.60. The summed E-state index contributed by atoms with van der Waals surface area (Å²) in [5.41, 5.74) is 0.957. The van der Waals surface area contributed by atoms with Gasteiger partial charge in [-0.15, -0.1) is 0 Å². The van der Waals surface area contributed by atoms with Gasteiger partial charge in [-0.25, -0.2) is 0 Å². The Morgan fingerprint density at radius 3 is 2.65 bits per heavy atom. The number of carbonyl (C=O) groups is 2. The minimum absolute atomic E-state index is 0.0358. The first-order valence-corrected chi connectivity index (χ1v) is 6.73. The Bertz CT molecular complexity index is 483. The van der Waals surface area contributed by atoms with E-state index in [9.17, 15) is 9.59 Å². The second-order valence-corrected chi connectivity index (χ2v) is 4.75. The van der Waals surface area contributed by atoms with Gasteiger partial charge in [-0.1, -0.05) is 12.1 Å². The Morgan fingerprint density at radius 1 is 1.35 bits per heavy atom. The second-order valence-electron chi connectivity index (χ2n) is 4.75. The molecule has 5 heteroatoms. The van der Waals surface area contributed by atoms with Crippen molar-refractivity contribution < 1.29 is 19.1 Å². The summed E-state index contributed by atoms with van der Waals surface area (Å²) >= 11 is 0. The van der Waals surface area contributed by atoms with Crippen LogP contribution < -0.4 is 10.1 Å². The lowest BCUT2D eigenvalue weighted by Gasteiger charge is -2.30. The smallest absolute Gasteiger partial charge is 0.311 e. The quantitative estimate of drug-likeness (QED) is 0.847. The fraction of sp³-hybridized carbons (Fsp3) is 0.467. The van der Waals surface area contributed by atoms with Gasteiger partial charge in [-0.05, 0) is 24.6 Å². The molecule has 1 aliphatic rings. The second kappa shape index (κ2) is 6.41. The molecule has 5 nitrogen and oxygen atoms in total. The van der Waals surface area contributed by atoms with Crippen molar-refractivity contribution in [1.29, 1.82) is 0 Å². The summed E-state index contributed by atoms with van der Waals surface area (Å²) in [6.07, 6.45) is 0.301. The molecule has 1 heterocycles. The lowest BCUT2D eigenvalue weighted by atomic mass is 9.81. The van der Waals surface area contributed by atoms with Gasteiger partial charge in [0.25, 0.3) is 0 Å². The molecule has 0 bridgehead atoms. The Labute approximate surface area is 118 Å². The summed E-state index contributed by atoms with van der Waals surface area (Å²) in [6, 6.07) is 7.47. The van der Waals surface area contributed by atoms with E-state index in [2.05, 4.69) is 5.32 Å². The molecule has 1 N–H and O–H groups in total. The van der Waals surface area contributed by atoms with Crippen molar-refractivity contribution >= 4 is 11.9 Å². The highest BCUT2D eigenvalue weighted by atomic mass is 16.5. The molecule has 0 spiro atoms. The number of rotatable bonds is 4. The molecule has 1 fully saturated rings. The van der Waals surface area contributed by atoms with Crippen molar-refractivity contribution in [2.24, 2.45) is 5.92 Å². The largest absolute Gasteiger partial charge is 0.497 e. The fourth-order valence-corrected chi connectivity index (χ4v) is 2.48. The third-order valence-electron chi connectivity index (χ3n) is 3.54. The molecule has 1 unspecified atom stereocenters. The molecule has 2 atom stereocenters. The Kier molecular flexibility index (Phi) is 4.61. The van der Waals surface area contributed by atoms with Crippen molar-refractivity contribution in [3.05, 3.63) is 29.8 Å². The van der Waals surface area contributed by atoms with Gasteiger partial charge in [-0.3, -0.25) is 9.59 Å². The van der Waals surface area contributed by atoms with Gasteiger partial charge in [0.2, 0.25) is 5.91 Å². The summed E-state index contributed by atoms with van der Waals surface area (Å²) in [5, 5.41) is 2.73. The van der Waals surface area contributed by atoms with Crippen LogP contribution in [-0.4, -0.2) is 32.1 Å². The van der Waals surface area contributed by atoms with Gasteiger partial charge < -0.3 is 14.8 Å². The highest BCUT2D eigenvalue weighted by molar-refractivity contribution is 5.83. The Hall–Kier alpha value is -2.04. The number of amides is 1. The zero-order valence-electron chi connectivity index (χ0n) is 11.7. The van der Waals surface area contributed by atoms with E-state index in [0.717, 1.165) is 11.3 Å². The molecular weight excluding hydrogens is 258 g/mol. The number of methoxy groups -OCH3 is 1. The van der Waals surface area contributed by atoms with Crippen LogP contribution in [0.5, 0.6) is 5.75 Å². The van der Waals surface area contributed by atoms with Gasteiger partial charge in [-0.2, -0.15) is 0 Å². The monoisotopic (exact) mass is 277 g/mol. The number of hydrogen-bond donors (Lipinski definition) is 1. The molecule has 20 heavy (non-hydrogen) atoms. The third-order valence-corrected chi connectivity index (χ3v) is 3.54. The molecule has 0 saturated carbocycles. The number of esters is 1. The maximum Gasteiger partial charge on any atom is 0.311 e. The number of carbonyl (C=O) groups excluding carboxylic acids is 2. The minimum Gasteiger partial charge on any atom is -0.497 e. The van der Waals surface area contributed by atoms with Gasteiger partial charge in [0, 0.05) is 18.9 Å². The van der Waals surface area contributed by atoms with Gasteiger partial charge in [0.05, 0.1) is 19.6 Å². The van der Waals surface area contributed by atoms with Gasteiger partial charge in [0.15, 0.2) is 0 Å². The number of piperidine rings is 1. The maximum absolute atomic E-state index is 12.0. The van der Waals surface area contributed by atoms with Crippen molar-refractivity contribution in [3.8, 4) is 5.75 Å². The number of nitrogens with one attached hydrogen (secondary N) is 1. The number of benzene rings is 1. The van der Waals surface area contributed by atoms with E-state index >= 15 is 0 Å². The molecule has 0 aromatic heterocycles. The van der Waals surface area contributed by atoms with E-state index < -0.39 is 0 Å². The van der Waals surface area contributed by atoms with E-state index in [1.807, 2.05) is 24.3 Å². The van der Waals surface area contributed by atoms with Crippen LogP contribution in [0.2, 0.25) is 0 Å². The predicted octanol–water partition coefficient (Wildman–Crippen LogP) is 1.48. The van der Waals surface area contributed by atoms with Crippen molar-refractivity contribution in [3.63, 3.8) is 0 Å². The van der Waals surface area contributed by atoms with Crippen LogP contribution >= 0.6 is 0 Å². The molecule has 1 aromatic carbocycles. The number of ether oxygens (including phenoxy) is 2. The molecule has 1 aromatic rings. The summed E-state index contributed by atoms with van der Waals surface area (Å²) in [6.45, 7) is 2.45. The molecule has 0 radical (unpaired) electrons. The first-order chi connectivity index (χ1) is 9.65. The van der Waals surface area contributed by atoms with Gasteiger partial charge >= 0.3 is 5.97 Å². The first-order valence-electron chi connectivity index (χ1n) is 6.73. The van der Waals surface area contributed by atoms with Crippen LogP contribution in [0.25, 0.3) is 0 Å². The van der Waals surface area contributed by atoms with E-state index in [1.54, 1.807) is 14.0 Å². The highest BCUT2D eigenvalue weighted by Gasteiger charge is 2.36. The van der Waals surface area contributed by atoms with Crippen molar-refractivity contribution in [2.45, 2.75) is 19.3 Å². The van der Waals surface area contributed by atoms with Crippen LogP contribution in [0, 0.1) is 5.92 Å². The molecule has 1 aliphatic heterocycles. The topological polar surface area (TPSA) is 64.6 Å². The zero-order chi connectivity index (χ0) is 14.5. The molecule has 1 saturated heterocycles. The summed E-state index contributed by atoms with van der Waals surface area (Å²) in [5.74, 6) is -0.0175. The molecule has 0 aliphatic carbocycles. The summed E-state index contributed by atoms with van der Waals surface area (Å²) in [4.78, 5) is 23.6. The van der Waals surface area contributed by atoms with Crippen LogP contribution in [-0.2, 0) is 14.3 Å². The normalized spacial score (nSPS) is 22.0. The van der Waals surface area contributed by atoms with Crippen LogP contribution in [0.1, 0.15) is 24.8 Å². The van der Waals surface area contributed by atoms with E-state index in [0.29, 0.717) is 19.6 Å². The van der Waals surface area contributed by atoms with Crippen molar-refractivity contribution in [2.75, 3.05) is 20.3 Å². The molecule has 1 amide bonds. The average Bonchev–Trinajstić information content (AvgIpc) is 2.47. The molecule has 2 rings (SSSR count). The lowest BCUT2D eigenvalue weighted by molar-refractivity contribution is -0.150. The van der Waals surface area contributed by atoms with Crippen LogP contribution in [0.15, 0.2) is 24.3 Å². The van der Waals surface area contributed by atoms with E-state index in [1.165, 1.54) is 0 Å². The number of hydrogen-bond acceptors (Lipinski definition) is 4.